The van der Waals surface area contributed by atoms with Gasteiger partial charge in [-0.1, -0.05) is 11.6 Å². The van der Waals surface area contributed by atoms with Crippen LogP contribution in [0.4, 0.5) is 15.8 Å². The molecule has 0 saturated carbocycles. The van der Waals surface area contributed by atoms with Crippen LogP contribution in [0.2, 0.25) is 5.02 Å². The molecule has 1 amide bonds. The molecule has 0 aliphatic carbocycles. The largest absolute Gasteiger partial charge is 0.494 e. The molecule has 3 rings (SSSR count). The molecule has 32 heavy (non-hydrogen) atoms. The van der Waals surface area contributed by atoms with Gasteiger partial charge < -0.3 is 10.1 Å². The van der Waals surface area contributed by atoms with Crippen molar-refractivity contribution in [3.8, 4) is 5.75 Å². The van der Waals surface area contributed by atoms with Crippen LogP contribution in [0.25, 0.3) is 0 Å². The molecule has 0 spiro atoms. The standard InChI is InChI=1S/C22H19BrClFN2O4S/c1-2-31-18-8-6-17(7-9-18)27(32(29,30)19-10-3-15(25)4-11-19)14-22(28)26-16-5-12-20(23)21(24)13-16/h3-13H,2,14H2,1H3,(H,26,28). The zero-order valence-corrected chi connectivity index (χ0v) is 20.0. The molecule has 0 aliphatic heterocycles. The minimum Gasteiger partial charge on any atom is -0.494 e. The summed E-state index contributed by atoms with van der Waals surface area (Å²) in [5.41, 5.74) is 0.663. The first-order chi connectivity index (χ1) is 15.2. The maximum absolute atomic E-state index is 13.3. The fourth-order valence-corrected chi connectivity index (χ4v) is 4.68. The molecule has 0 saturated heterocycles. The zero-order chi connectivity index (χ0) is 23.3. The fourth-order valence-electron chi connectivity index (χ4n) is 2.83. The van der Waals surface area contributed by atoms with Crippen LogP contribution in [0.15, 0.2) is 76.1 Å². The number of hydrogen-bond acceptors (Lipinski definition) is 4. The molecule has 0 atom stereocenters. The summed E-state index contributed by atoms with van der Waals surface area (Å²) in [6, 6.07) is 15.5. The molecule has 0 heterocycles. The first-order valence-electron chi connectivity index (χ1n) is 9.47. The van der Waals surface area contributed by atoms with Crippen molar-refractivity contribution >= 4 is 54.8 Å². The summed E-state index contributed by atoms with van der Waals surface area (Å²) >= 11 is 9.33. The Morgan fingerprint density at radius 2 is 1.75 bits per heavy atom. The van der Waals surface area contributed by atoms with Gasteiger partial charge in [0.25, 0.3) is 10.0 Å². The van der Waals surface area contributed by atoms with Crippen molar-refractivity contribution in [2.24, 2.45) is 0 Å². The lowest BCUT2D eigenvalue weighted by atomic mass is 10.3. The highest BCUT2D eigenvalue weighted by Crippen LogP contribution is 2.28. The van der Waals surface area contributed by atoms with E-state index >= 15 is 0 Å². The van der Waals surface area contributed by atoms with Gasteiger partial charge in [0, 0.05) is 10.2 Å². The SMILES string of the molecule is CCOc1ccc(N(CC(=O)Nc2ccc(Br)c(Cl)c2)S(=O)(=O)c2ccc(F)cc2)cc1. The van der Waals surface area contributed by atoms with E-state index in [1.807, 2.05) is 6.92 Å². The summed E-state index contributed by atoms with van der Waals surface area (Å²) in [6.45, 7) is 1.77. The maximum Gasteiger partial charge on any atom is 0.264 e. The second kappa shape index (κ2) is 10.3. The first-order valence-corrected chi connectivity index (χ1v) is 12.1. The molecule has 3 aromatic carbocycles. The minimum atomic E-state index is -4.17. The van der Waals surface area contributed by atoms with Gasteiger partial charge in [-0.3, -0.25) is 9.10 Å². The number of anilines is 2. The van der Waals surface area contributed by atoms with Crippen molar-refractivity contribution in [1.29, 1.82) is 0 Å². The van der Waals surface area contributed by atoms with E-state index < -0.39 is 28.3 Å². The van der Waals surface area contributed by atoms with E-state index in [1.54, 1.807) is 30.3 Å². The number of ether oxygens (including phenoxy) is 1. The molecule has 1 N–H and O–H groups in total. The van der Waals surface area contributed by atoms with E-state index in [0.29, 0.717) is 27.5 Å². The number of nitrogens with zero attached hydrogens (tertiary/aromatic N) is 1. The van der Waals surface area contributed by atoms with Gasteiger partial charge in [0.15, 0.2) is 0 Å². The van der Waals surface area contributed by atoms with E-state index in [1.165, 1.54) is 12.1 Å². The lowest BCUT2D eigenvalue weighted by Crippen LogP contribution is -2.38. The summed E-state index contributed by atoms with van der Waals surface area (Å²) in [4.78, 5) is 12.6. The Labute approximate surface area is 199 Å². The second-order valence-corrected chi connectivity index (χ2v) is 9.69. The van der Waals surface area contributed by atoms with Gasteiger partial charge in [0.1, 0.15) is 18.1 Å². The number of nitrogens with one attached hydrogen (secondary N) is 1. The summed E-state index contributed by atoms with van der Waals surface area (Å²) < 4.78 is 47.0. The number of amides is 1. The minimum absolute atomic E-state index is 0.146. The monoisotopic (exact) mass is 540 g/mol. The lowest BCUT2D eigenvalue weighted by Gasteiger charge is -2.24. The Morgan fingerprint density at radius 3 is 2.34 bits per heavy atom. The molecule has 0 fully saturated rings. The van der Waals surface area contributed by atoms with Gasteiger partial charge in [-0.05, 0) is 89.6 Å². The van der Waals surface area contributed by atoms with Gasteiger partial charge in [-0.25, -0.2) is 12.8 Å². The second-order valence-electron chi connectivity index (χ2n) is 6.57. The fraction of sp³-hybridized carbons (Fsp3) is 0.136. The predicted octanol–water partition coefficient (Wildman–Crippen LogP) is 5.47. The Morgan fingerprint density at radius 1 is 1.09 bits per heavy atom. The highest BCUT2D eigenvalue weighted by atomic mass is 79.9. The molecule has 10 heteroatoms. The van der Waals surface area contributed by atoms with Crippen LogP contribution < -0.4 is 14.4 Å². The average Bonchev–Trinajstić information content (AvgIpc) is 2.76. The van der Waals surface area contributed by atoms with Gasteiger partial charge in [-0.15, -0.1) is 0 Å². The molecule has 3 aromatic rings. The van der Waals surface area contributed by atoms with Crippen molar-refractivity contribution in [2.75, 3.05) is 22.8 Å². The summed E-state index contributed by atoms with van der Waals surface area (Å²) in [7, 11) is -4.17. The number of benzene rings is 3. The van der Waals surface area contributed by atoms with Crippen molar-refractivity contribution in [2.45, 2.75) is 11.8 Å². The van der Waals surface area contributed by atoms with Gasteiger partial charge in [-0.2, -0.15) is 0 Å². The third kappa shape index (κ3) is 5.79. The molecular weight excluding hydrogens is 523 g/mol. The van der Waals surface area contributed by atoms with Crippen LogP contribution in [-0.2, 0) is 14.8 Å². The number of hydrogen-bond donors (Lipinski definition) is 1. The van der Waals surface area contributed by atoms with E-state index in [-0.39, 0.29) is 10.6 Å². The molecule has 0 aliphatic rings. The summed E-state index contributed by atoms with van der Waals surface area (Å²) in [5.74, 6) is -0.589. The number of halogens is 3. The van der Waals surface area contributed by atoms with E-state index in [2.05, 4.69) is 21.2 Å². The van der Waals surface area contributed by atoms with Crippen molar-refractivity contribution in [3.63, 3.8) is 0 Å². The van der Waals surface area contributed by atoms with E-state index in [0.717, 1.165) is 28.6 Å². The van der Waals surface area contributed by atoms with Gasteiger partial charge in [0.05, 0.1) is 22.2 Å². The quantitative estimate of drug-likeness (QED) is 0.410. The van der Waals surface area contributed by atoms with Gasteiger partial charge in [0.2, 0.25) is 5.91 Å². The van der Waals surface area contributed by atoms with Crippen LogP contribution in [0.5, 0.6) is 5.75 Å². The highest BCUT2D eigenvalue weighted by Gasteiger charge is 2.27. The van der Waals surface area contributed by atoms with Crippen molar-refractivity contribution in [1.82, 2.24) is 0 Å². The number of sulfonamides is 1. The zero-order valence-electron chi connectivity index (χ0n) is 16.9. The molecule has 168 valence electrons. The molecule has 0 aromatic heterocycles. The highest BCUT2D eigenvalue weighted by molar-refractivity contribution is 9.10. The van der Waals surface area contributed by atoms with E-state index in [4.69, 9.17) is 16.3 Å². The van der Waals surface area contributed by atoms with Crippen LogP contribution in [0, 0.1) is 5.82 Å². The van der Waals surface area contributed by atoms with Crippen LogP contribution >= 0.6 is 27.5 Å². The molecule has 0 radical (unpaired) electrons. The average molecular weight is 542 g/mol. The van der Waals surface area contributed by atoms with Crippen LogP contribution in [0.3, 0.4) is 0 Å². The topological polar surface area (TPSA) is 75.7 Å². The van der Waals surface area contributed by atoms with Crippen molar-refractivity contribution < 1.29 is 22.3 Å². The smallest absolute Gasteiger partial charge is 0.264 e. The molecule has 0 bridgehead atoms. The maximum atomic E-state index is 13.3. The molecular formula is C22H19BrClFN2O4S. The first kappa shape index (κ1) is 24.0. The summed E-state index contributed by atoms with van der Waals surface area (Å²) in [5, 5.41) is 3.03. The summed E-state index contributed by atoms with van der Waals surface area (Å²) in [6.07, 6.45) is 0. The Hall–Kier alpha value is -2.62. The normalized spacial score (nSPS) is 11.1. The third-order valence-electron chi connectivity index (χ3n) is 4.33. The van der Waals surface area contributed by atoms with Crippen molar-refractivity contribution in [3.05, 3.63) is 82.0 Å². The number of rotatable bonds is 8. The van der Waals surface area contributed by atoms with Crippen LogP contribution in [-0.4, -0.2) is 27.5 Å². The Kier molecular flexibility index (Phi) is 7.76. The third-order valence-corrected chi connectivity index (χ3v) is 7.35. The Balaban J connectivity index is 1.93. The molecule has 6 nitrogen and oxygen atoms in total. The number of carbonyl (C=O) groups excluding carboxylic acids is 1. The molecule has 0 unspecified atom stereocenters. The van der Waals surface area contributed by atoms with Gasteiger partial charge >= 0.3 is 0 Å². The van der Waals surface area contributed by atoms with E-state index in [9.17, 15) is 17.6 Å². The lowest BCUT2D eigenvalue weighted by molar-refractivity contribution is -0.114. The predicted molar refractivity (Wildman–Crippen MR) is 126 cm³/mol. The van der Waals surface area contributed by atoms with Crippen LogP contribution in [0.1, 0.15) is 6.92 Å². The Bertz CT molecular complexity index is 1210. The number of carbonyl (C=O) groups is 1.